The Hall–Kier alpha value is -0.500. The van der Waals surface area contributed by atoms with Gasteiger partial charge in [0.15, 0.2) is 10.2 Å². The summed E-state index contributed by atoms with van der Waals surface area (Å²) in [5.74, 6) is 9.79. The Balaban J connectivity index is 3.47. The number of hydrazine groups is 2. The smallest absolute Gasteiger partial charge is 0.186 e. The Labute approximate surface area is 63.1 Å². The summed E-state index contributed by atoms with van der Waals surface area (Å²) < 4.78 is 0. The van der Waals surface area contributed by atoms with Crippen molar-refractivity contribution in [1.82, 2.24) is 16.2 Å². The van der Waals surface area contributed by atoms with E-state index in [0.717, 1.165) is 0 Å². The van der Waals surface area contributed by atoms with E-state index >= 15 is 0 Å². The molecule has 9 heavy (non-hydrogen) atoms. The fourth-order valence-electron chi connectivity index (χ4n) is 0.175. The lowest BCUT2D eigenvalue weighted by atomic mass is 11.0. The van der Waals surface area contributed by atoms with Gasteiger partial charge >= 0.3 is 0 Å². The van der Waals surface area contributed by atoms with Crippen molar-refractivity contribution in [2.45, 2.75) is 0 Å². The van der Waals surface area contributed by atoms with Crippen LogP contribution in [0.4, 0.5) is 0 Å². The molecule has 0 aromatic rings. The molecule has 0 radical (unpaired) electrons. The second-order valence-corrected chi connectivity index (χ2v) is 1.89. The van der Waals surface area contributed by atoms with Gasteiger partial charge in [-0.25, -0.2) is 11.7 Å². The zero-order chi connectivity index (χ0) is 7.28. The molecule has 0 rings (SSSR count). The fraction of sp³-hybridized carbons (Fsp3) is 0. The number of hydrogen-bond donors (Lipinski definition) is 5. The maximum absolute atomic E-state index is 4.89. The molecule has 0 aliphatic heterocycles. The van der Waals surface area contributed by atoms with Crippen LogP contribution >= 0.6 is 24.4 Å². The SMILES string of the molecule is NNC(=S)NC(=S)NN. The van der Waals surface area contributed by atoms with Crippen LogP contribution in [0.15, 0.2) is 0 Å². The molecule has 0 aliphatic rings. The molecule has 0 bridgehead atoms. The van der Waals surface area contributed by atoms with Gasteiger partial charge in [-0.1, -0.05) is 0 Å². The molecule has 0 aromatic heterocycles. The highest BCUT2D eigenvalue weighted by Gasteiger charge is 1.92. The average Bonchev–Trinajstić information content (AvgIpc) is 1.87. The van der Waals surface area contributed by atoms with Crippen molar-refractivity contribution >= 4 is 34.7 Å². The first-order valence-electron chi connectivity index (χ1n) is 1.99. The highest BCUT2D eigenvalue weighted by Crippen LogP contribution is 1.62. The van der Waals surface area contributed by atoms with Gasteiger partial charge in [-0.2, -0.15) is 0 Å². The molecule has 0 saturated carbocycles. The van der Waals surface area contributed by atoms with Crippen LogP contribution in [0.3, 0.4) is 0 Å². The summed E-state index contributed by atoms with van der Waals surface area (Å²) >= 11 is 9.14. The van der Waals surface area contributed by atoms with Crippen molar-refractivity contribution in [3.63, 3.8) is 0 Å². The van der Waals surface area contributed by atoms with Gasteiger partial charge in [0.1, 0.15) is 0 Å². The molecule has 7 N–H and O–H groups in total. The Bertz CT molecular complexity index is 108. The molecular formula is C2H7N5S2. The summed E-state index contributed by atoms with van der Waals surface area (Å²) in [7, 11) is 0. The summed E-state index contributed by atoms with van der Waals surface area (Å²) in [6.07, 6.45) is 0. The molecule has 0 unspecified atom stereocenters. The number of hydrogen-bond acceptors (Lipinski definition) is 4. The third-order valence-electron chi connectivity index (χ3n) is 0.489. The van der Waals surface area contributed by atoms with E-state index in [0.29, 0.717) is 0 Å². The molecule has 0 heterocycles. The van der Waals surface area contributed by atoms with Crippen molar-refractivity contribution in [2.24, 2.45) is 11.7 Å². The van der Waals surface area contributed by atoms with Gasteiger partial charge < -0.3 is 16.2 Å². The summed E-state index contributed by atoms with van der Waals surface area (Å²) in [4.78, 5) is 0. The van der Waals surface area contributed by atoms with Gasteiger partial charge in [0.25, 0.3) is 0 Å². The van der Waals surface area contributed by atoms with Crippen molar-refractivity contribution in [3.05, 3.63) is 0 Å². The van der Waals surface area contributed by atoms with Crippen molar-refractivity contribution in [1.29, 1.82) is 0 Å². The van der Waals surface area contributed by atoms with Gasteiger partial charge in [0, 0.05) is 0 Å². The van der Waals surface area contributed by atoms with E-state index in [-0.39, 0.29) is 10.2 Å². The largest absolute Gasteiger partial charge is 0.308 e. The van der Waals surface area contributed by atoms with E-state index in [1.54, 1.807) is 0 Å². The molecule has 52 valence electrons. The lowest BCUT2D eigenvalue weighted by Gasteiger charge is -2.05. The molecule has 7 heteroatoms. The van der Waals surface area contributed by atoms with Crippen LogP contribution in [0.2, 0.25) is 0 Å². The lowest BCUT2D eigenvalue weighted by Crippen LogP contribution is -2.48. The first kappa shape index (κ1) is 8.50. The van der Waals surface area contributed by atoms with Crippen LogP contribution in [0.1, 0.15) is 0 Å². The minimum absolute atomic E-state index is 0.220. The third-order valence-corrected chi connectivity index (χ3v) is 0.929. The number of rotatable bonds is 0. The zero-order valence-corrected chi connectivity index (χ0v) is 6.10. The third kappa shape index (κ3) is 4.03. The molecule has 0 aliphatic carbocycles. The zero-order valence-electron chi connectivity index (χ0n) is 4.47. The first-order chi connectivity index (χ1) is 4.20. The van der Waals surface area contributed by atoms with Crippen LogP contribution in [-0.4, -0.2) is 10.2 Å². The normalized spacial score (nSPS) is 7.78. The quantitative estimate of drug-likeness (QED) is 0.162. The molecule has 5 nitrogen and oxygen atoms in total. The van der Waals surface area contributed by atoms with Crippen LogP contribution in [0, 0.1) is 0 Å². The first-order valence-corrected chi connectivity index (χ1v) is 2.80. The summed E-state index contributed by atoms with van der Waals surface area (Å²) in [6.45, 7) is 0. The lowest BCUT2D eigenvalue weighted by molar-refractivity contribution is 0.968. The number of nitrogens with two attached hydrogens (primary N) is 2. The molecule has 0 atom stereocenters. The maximum atomic E-state index is 4.89. The predicted molar refractivity (Wildman–Crippen MR) is 43.0 cm³/mol. The average molecular weight is 165 g/mol. The van der Waals surface area contributed by atoms with E-state index in [1.165, 1.54) is 0 Å². The Kier molecular flexibility index (Phi) is 4.14. The highest BCUT2D eigenvalue weighted by molar-refractivity contribution is 7.81. The van der Waals surface area contributed by atoms with Crippen molar-refractivity contribution < 1.29 is 0 Å². The van der Waals surface area contributed by atoms with Crippen LogP contribution in [0.25, 0.3) is 0 Å². The minimum Gasteiger partial charge on any atom is -0.308 e. The molecule has 0 spiro atoms. The van der Waals surface area contributed by atoms with Gasteiger partial charge in [0.05, 0.1) is 0 Å². The molecule has 0 fully saturated rings. The summed E-state index contributed by atoms with van der Waals surface area (Å²) in [6, 6.07) is 0. The predicted octanol–water partition coefficient (Wildman–Crippen LogP) is -1.93. The van der Waals surface area contributed by atoms with E-state index in [1.807, 2.05) is 0 Å². The Morgan fingerprint density at radius 2 is 1.33 bits per heavy atom. The minimum atomic E-state index is 0.220. The Morgan fingerprint density at radius 3 is 1.56 bits per heavy atom. The van der Waals surface area contributed by atoms with Crippen LogP contribution < -0.4 is 27.9 Å². The van der Waals surface area contributed by atoms with E-state index in [2.05, 4.69) is 40.6 Å². The Morgan fingerprint density at radius 1 is 1.00 bits per heavy atom. The van der Waals surface area contributed by atoms with Crippen molar-refractivity contribution in [2.75, 3.05) is 0 Å². The number of thiocarbonyl (C=S) groups is 2. The van der Waals surface area contributed by atoms with Gasteiger partial charge in [-0.05, 0) is 24.4 Å². The van der Waals surface area contributed by atoms with Gasteiger partial charge in [-0.15, -0.1) is 0 Å². The molecule has 0 aromatic carbocycles. The number of nitrogens with one attached hydrogen (secondary N) is 3. The van der Waals surface area contributed by atoms with Crippen molar-refractivity contribution in [3.8, 4) is 0 Å². The molecular weight excluding hydrogens is 158 g/mol. The summed E-state index contributed by atoms with van der Waals surface area (Å²) in [5, 5.41) is 2.91. The summed E-state index contributed by atoms with van der Waals surface area (Å²) in [5.41, 5.74) is 4.33. The molecule has 0 amide bonds. The van der Waals surface area contributed by atoms with E-state index < -0.39 is 0 Å². The second-order valence-electron chi connectivity index (χ2n) is 1.07. The van der Waals surface area contributed by atoms with Crippen LogP contribution in [-0.2, 0) is 0 Å². The fourth-order valence-corrected chi connectivity index (χ4v) is 0.444. The van der Waals surface area contributed by atoms with E-state index in [9.17, 15) is 0 Å². The van der Waals surface area contributed by atoms with E-state index in [4.69, 9.17) is 11.7 Å². The van der Waals surface area contributed by atoms with Gasteiger partial charge in [-0.3, -0.25) is 0 Å². The van der Waals surface area contributed by atoms with Gasteiger partial charge in [0.2, 0.25) is 0 Å². The standard InChI is InChI=1S/C2H7N5S2/c3-6-1(8)5-2(9)7-4/h3-4H2,(H3,5,6,7,8,9). The topological polar surface area (TPSA) is 88.1 Å². The molecule has 0 saturated heterocycles. The van der Waals surface area contributed by atoms with Crippen LogP contribution in [0.5, 0.6) is 0 Å². The second kappa shape index (κ2) is 4.39. The maximum Gasteiger partial charge on any atom is 0.186 e. The highest BCUT2D eigenvalue weighted by atomic mass is 32.1. The monoisotopic (exact) mass is 165 g/mol.